The Bertz CT molecular complexity index is 1050. The highest BCUT2D eigenvalue weighted by Gasteiger charge is 2.24. The number of amides is 2. The highest BCUT2D eigenvalue weighted by Crippen LogP contribution is 2.24. The van der Waals surface area contributed by atoms with Crippen LogP contribution < -0.4 is 4.72 Å². The van der Waals surface area contributed by atoms with Gasteiger partial charge in [-0.3, -0.25) is 0 Å². The monoisotopic (exact) mass is 534 g/mol. The van der Waals surface area contributed by atoms with E-state index in [-0.39, 0.29) is 0 Å². The van der Waals surface area contributed by atoms with Gasteiger partial charge >= 0.3 is 6.03 Å². The summed E-state index contributed by atoms with van der Waals surface area (Å²) in [7, 11) is -3.85. The van der Waals surface area contributed by atoms with Crippen molar-refractivity contribution in [3.05, 3.63) is 69.5 Å². The minimum Gasteiger partial charge on any atom is -0.508 e. The summed E-state index contributed by atoms with van der Waals surface area (Å²) in [6.45, 7) is 1.15. The summed E-state index contributed by atoms with van der Waals surface area (Å²) in [5.41, 5.74) is 1.90. The van der Waals surface area contributed by atoms with Gasteiger partial charge in [0.2, 0.25) is 0 Å². The molecule has 0 unspecified atom stereocenters. The van der Waals surface area contributed by atoms with Crippen LogP contribution in [0.4, 0.5) is 4.79 Å². The number of sulfonamides is 1. The van der Waals surface area contributed by atoms with Gasteiger partial charge in [-0.2, -0.15) is 0 Å². The van der Waals surface area contributed by atoms with Gasteiger partial charge in [0.05, 0.1) is 5.41 Å². The van der Waals surface area contributed by atoms with Crippen molar-refractivity contribution in [2.75, 3.05) is 13.1 Å². The van der Waals surface area contributed by atoms with Crippen LogP contribution in [0.2, 0.25) is 0 Å². The molecule has 0 aromatic heterocycles. The number of benzene rings is 2. The van der Waals surface area contributed by atoms with Gasteiger partial charge in [0.25, 0.3) is 10.0 Å². The zero-order valence-corrected chi connectivity index (χ0v) is 21.0. The van der Waals surface area contributed by atoms with Crippen LogP contribution in [0.15, 0.2) is 58.4 Å². The SMILES string of the molecule is O=C(NS(=O)(=O)/C=C/c1ccc(Br)cc1)N1CCC(CCCCCc2cccc(O)c2)CC1. The summed E-state index contributed by atoms with van der Waals surface area (Å²) < 4.78 is 27.5. The van der Waals surface area contributed by atoms with Gasteiger partial charge in [-0.1, -0.05) is 59.5 Å². The number of carbonyl (C=O) groups excluding carboxylic acids is 1. The van der Waals surface area contributed by atoms with Gasteiger partial charge in [-0.25, -0.2) is 17.9 Å². The van der Waals surface area contributed by atoms with Crippen molar-refractivity contribution in [1.29, 1.82) is 0 Å². The van der Waals surface area contributed by atoms with Crippen molar-refractivity contribution in [1.82, 2.24) is 9.62 Å². The smallest absolute Gasteiger partial charge is 0.331 e. The number of phenols is 1. The lowest BCUT2D eigenvalue weighted by Gasteiger charge is -2.31. The van der Waals surface area contributed by atoms with Gasteiger partial charge in [0.15, 0.2) is 0 Å². The topological polar surface area (TPSA) is 86.7 Å². The Morgan fingerprint density at radius 1 is 1.09 bits per heavy atom. The number of phenolic OH excluding ortho intramolecular Hbond substituents is 1. The van der Waals surface area contributed by atoms with E-state index in [0.29, 0.717) is 24.8 Å². The average molecular weight is 536 g/mol. The number of urea groups is 1. The first kappa shape index (κ1) is 25.3. The summed E-state index contributed by atoms with van der Waals surface area (Å²) >= 11 is 3.34. The van der Waals surface area contributed by atoms with E-state index in [1.165, 1.54) is 6.08 Å². The van der Waals surface area contributed by atoms with E-state index >= 15 is 0 Å². The molecule has 0 saturated carbocycles. The zero-order valence-electron chi connectivity index (χ0n) is 18.6. The molecule has 0 radical (unpaired) electrons. The Kier molecular flexibility index (Phi) is 9.38. The second-order valence-electron chi connectivity index (χ2n) is 8.51. The van der Waals surface area contributed by atoms with Gasteiger partial charge < -0.3 is 10.0 Å². The molecule has 8 heteroatoms. The maximum Gasteiger partial charge on any atom is 0.331 e. The van der Waals surface area contributed by atoms with Crippen LogP contribution >= 0.6 is 15.9 Å². The molecule has 2 N–H and O–H groups in total. The third-order valence-corrected chi connectivity index (χ3v) is 7.41. The van der Waals surface area contributed by atoms with Crippen molar-refractivity contribution >= 4 is 38.1 Å². The molecule has 1 aliphatic heterocycles. The van der Waals surface area contributed by atoms with Gasteiger partial charge in [-0.15, -0.1) is 0 Å². The van der Waals surface area contributed by atoms with Gasteiger partial charge in [0.1, 0.15) is 5.75 Å². The number of rotatable bonds is 9. The molecule has 0 bridgehead atoms. The number of carbonyl (C=O) groups is 1. The quantitative estimate of drug-likeness (QED) is 0.405. The van der Waals surface area contributed by atoms with E-state index in [1.807, 2.05) is 30.3 Å². The number of piperidine rings is 1. The Balaban J connectivity index is 1.34. The fourth-order valence-corrected chi connectivity index (χ4v) is 5.08. The fourth-order valence-electron chi connectivity index (χ4n) is 4.04. The number of aryl methyl sites for hydroxylation is 1. The first-order valence-electron chi connectivity index (χ1n) is 11.3. The summed E-state index contributed by atoms with van der Waals surface area (Å²) in [5, 5.41) is 10.5. The molecule has 6 nitrogen and oxygen atoms in total. The van der Waals surface area contributed by atoms with Crippen LogP contribution in [-0.4, -0.2) is 37.5 Å². The number of nitrogens with zero attached hydrogens (tertiary/aromatic N) is 1. The predicted octanol–water partition coefficient (Wildman–Crippen LogP) is 5.68. The van der Waals surface area contributed by atoms with E-state index in [1.54, 1.807) is 23.1 Å². The number of hydrogen-bond acceptors (Lipinski definition) is 4. The normalized spacial score (nSPS) is 15.1. The highest BCUT2D eigenvalue weighted by molar-refractivity contribution is 9.10. The molecule has 33 heavy (non-hydrogen) atoms. The molecule has 2 amide bonds. The average Bonchev–Trinajstić information content (AvgIpc) is 2.79. The van der Waals surface area contributed by atoms with Crippen LogP contribution in [0.25, 0.3) is 6.08 Å². The number of hydrogen-bond donors (Lipinski definition) is 2. The summed E-state index contributed by atoms with van der Waals surface area (Å²) in [4.78, 5) is 14.0. The van der Waals surface area contributed by atoms with E-state index in [2.05, 4.69) is 20.7 Å². The molecular weight excluding hydrogens is 504 g/mol. The molecule has 1 heterocycles. The molecule has 0 aliphatic carbocycles. The maximum absolute atomic E-state index is 12.4. The molecule has 2 aromatic carbocycles. The Labute approximate surface area is 204 Å². The molecule has 3 rings (SSSR count). The summed E-state index contributed by atoms with van der Waals surface area (Å²) in [5.74, 6) is 0.889. The summed E-state index contributed by atoms with van der Waals surface area (Å²) in [6.07, 6.45) is 8.74. The minimum absolute atomic E-state index is 0.316. The molecule has 0 spiro atoms. The fraction of sp³-hybridized carbons (Fsp3) is 0.400. The van der Waals surface area contributed by atoms with E-state index < -0.39 is 16.1 Å². The molecule has 1 saturated heterocycles. The predicted molar refractivity (Wildman–Crippen MR) is 135 cm³/mol. The highest BCUT2D eigenvalue weighted by atomic mass is 79.9. The second kappa shape index (κ2) is 12.2. The zero-order chi connectivity index (χ0) is 23.7. The lowest BCUT2D eigenvalue weighted by molar-refractivity contribution is 0.172. The first-order chi connectivity index (χ1) is 15.8. The lowest BCUT2D eigenvalue weighted by atomic mass is 9.91. The second-order valence-corrected chi connectivity index (χ2v) is 11.0. The molecular formula is C25H31BrN2O4S. The molecule has 1 fully saturated rings. The van der Waals surface area contributed by atoms with Crippen molar-refractivity contribution in [2.45, 2.75) is 44.9 Å². The van der Waals surface area contributed by atoms with Crippen LogP contribution in [0.5, 0.6) is 5.75 Å². The minimum atomic E-state index is -3.85. The Morgan fingerprint density at radius 2 is 1.82 bits per heavy atom. The molecule has 2 aromatic rings. The number of halogens is 1. The molecule has 178 valence electrons. The van der Waals surface area contributed by atoms with Gasteiger partial charge in [0, 0.05) is 17.6 Å². The third-order valence-electron chi connectivity index (χ3n) is 5.93. The lowest BCUT2D eigenvalue weighted by Crippen LogP contribution is -2.45. The number of aromatic hydroxyl groups is 1. The van der Waals surface area contributed by atoms with Crippen molar-refractivity contribution in [3.8, 4) is 5.75 Å². The molecule has 0 atom stereocenters. The summed E-state index contributed by atoms with van der Waals surface area (Å²) in [6, 6.07) is 14.1. The number of unbranched alkanes of at least 4 members (excludes halogenated alkanes) is 2. The van der Waals surface area contributed by atoms with E-state index in [0.717, 1.165) is 66.0 Å². The van der Waals surface area contributed by atoms with Gasteiger partial charge in [-0.05, 0) is 73.1 Å². The first-order valence-corrected chi connectivity index (χ1v) is 13.7. The molecule has 1 aliphatic rings. The number of nitrogens with one attached hydrogen (secondary N) is 1. The van der Waals surface area contributed by atoms with Crippen LogP contribution in [0.1, 0.15) is 49.7 Å². The van der Waals surface area contributed by atoms with Crippen molar-refractivity contribution in [3.63, 3.8) is 0 Å². The van der Waals surface area contributed by atoms with E-state index in [4.69, 9.17) is 0 Å². The maximum atomic E-state index is 12.4. The Morgan fingerprint density at radius 3 is 2.52 bits per heavy atom. The largest absolute Gasteiger partial charge is 0.508 e. The van der Waals surface area contributed by atoms with Crippen LogP contribution in [0, 0.1) is 5.92 Å². The van der Waals surface area contributed by atoms with E-state index in [9.17, 15) is 18.3 Å². The van der Waals surface area contributed by atoms with Crippen LogP contribution in [-0.2, 0) is 16.4 Å². The third kappa shape index (κ3) is 8.85. The van der Waals surface area contributed by atoms with Crippen molar-refractivity contribution < 1.29 is 18.3 Å². The van der Waals surface area contributed by atoms with Crippen LogP contribution in [0.3, 0.4) is 0 Å². The number of likely N-dealkylation sites (tertiary alicyclic amines) is 1. The standard InChI is InChI=1S/C25H31BrN2O4S/c26-23-11-9-21(10-12-23)15-18-33(31,32)27-25(30)28-16-13-20(14-17-28)5-2-1-3-6-22-7-4-8-24(29)19-22/h4,7-12,15,18-20,29H,1-3,5-6,13-14,16-17H2,(H,27,30)/b18-15+. The Hall–Kier alpha value is -2.32. The van der Waals surface area contributed by atoms with Crippen molar-refractivity contribution in [2.24, 2.45) is 5.92 Å².